The molecule has 3 saturated heterocycles. The highest BCUT2D eigenvalue weighted by atomic mass is 16.7. The van der Waals surface area contributed by atoms with E-state index < -0.39 is 79.9 Å². The molecular formula is C16H28O13. The van der Waals surface area contributed by atoms with Crippen molar-refractivity contribution in [2.45, 2.75) is 86.8 Å². The van der Waals surface area contributed by atoms with Gasteiger partial charge in [0.2, 0.25) is 0 Å². The standard InChI is InChI=1S/C16H28O13/c1-4-7(19)12(28-15-10(22)8(20)5(17)3-26-15)11(23)16(27-4)29-13-9(21)6(18)2-25-14(13)24/h4-24H,2-3H2,1H3/t4-,5-,6-,7-,8-,9-,10+,11+,12+,13+,14+,15-,16-/m0/s1. The Kier molecular flexibility index (Phi) is 7.44. The fraction of sp³-hybridized carbons (Fsp3) is 1.00. The molecule has 0 radical (unpaired) electrons. The van der Waals surface area contributed by atoms with Crippen LogP contribution in [0.1, 0.15) is 6.92 Å². The lowest BCUT2D eigenvalue weighted by molar-refractivity contribution is -0.369. The van der Waals surface area contributed by atoms with Gasteiger partial charge in [0.15, 0.2) is 18.9 Å². The molecule has 3 aliphatic heterocycles. The van der Waals surface area contributed by atoms with Gasteiger partial charge in [0.25, 0.3) is 0 Å². The molecule has 13 heteroatoms. The minimum Gasteiger partial charge on any atom is -0.388 e. The largest absolute Gasteiger partial charge is 0.388 e. The van der Waals surface area contributed by atoms with Crippen LogP contribution in [0.5, 0.6) is 0 Å². The van der Waals surface area contributed by atoms with E-state index in [9.17, 15) is 40.9 Å². The predicted molar refractivity (Wildman–Crippen MR) is 87.8 cm³/mol. The van der Waals surface area contributed by atoms with Crippen molar-refractivity contribution in [3.05, 3.63) is 0 Å². The zero-order valence-corrected chi connectivity index (χ0v) is 15.5. The summed E-state index contributed by atoms with van der Waals surface area (Å²) < 4.78 is 26.2. The topological polar surface area (TPSA) is 208 Å². The van der Waals surface area contributed by atoms with Crippen molar-refractivity contribution in [1.82, 2.24) is 0 Å². The summed E-state index contributed by atoms with van der Waals surface area (Å²) in [7, 11) is 0. The van der Waals surface area contributed by atoms with Crippen LogP contribution in [0.4, 0.5) is 0 Å². The average molecular weight is 428 g/mol. The zero-order valence-electron chi connectivity index (χ0n) is 15.5. The highest BCUT2D eigenvalue weighted by molar-refractivity contribution is 4.93. The van der Waals surface area contributed by atoms with E-state index in [4.69, 9.17) is 23.7 Å². The molecule has 0 amide bonds. The van der Waals surface area contributed by atoms with Crippen LogP contribution in [0.25, 0.3) is 0 Å². The Hall–Kier alpha value is -0.520. The van der Waals surface area contributed by atoms with Crippen molar-refractivity contribution in [3.63, 3.8) is 0 Å². The second-order valence-electron chi connectivity index (χ2n) is 7.42. The highest BCUT2D eigenvalue weighted by Crippen LogP contribution is 2.30. The molecule has 0 spiro atoms. The minimum atomic E-state index is -1.68. The van der Waals surface area contributed by atoms with E-state index in [0.29, 0.717) is 0 Å². The maximum absolute atomic E-state index is 10.6. The van der Waals surface area contributed by atoms with Gasteiger partial charge in [0.1, 0.15) is 54.9 Å². The molecule has 0 unspecified atom stereocenters. The number of hydrogen-bond acceptors (Lipinski definition) is 13. The quantitative estimate of drug-likeness (QED) is 0.211. The van der Waals surface area contributed by atoms with E-state index in [-0.39, 0.29) is 13.2 Å². The minimum absolute atomic E-state index is 0.317. The highest BCUT2D eigenvalue weighted by Gasteiger charge is 2.50. The smallest absolute Gasteiger partial charge is 0.187 e. The van der Waals surface area contributed by atoms with E-state index in [1.54, 1.807) is 0 Å². The van der Waals surface area contributed by atoms with Gasteiger partial charge in [-0.05, 0) is 6.92 Å². The maximum atomic E-state index is 10.6. The van der Waals surface area contributed by atoms with Crippen molar-refractivity contribution in [2.24, 2.45) is 0 Å². The van der Waals surface area contributed by atoms with Gasteiger partial charge in [-0.3, -0.25) is 0 Å². The molecule has 3 rings (SSSR count). The lowest BCUT2D eigenvalue weighted by Gasteiger charge is -2.46. The lowest BCUT2D eigenvalue weighted by atomic mass is 9.98. The van der Waals surface area contributed by atoms with Crippen LogP contribution >= 0.6 is 0 Å². The summed E-state index contributed by atoms with van der Waals surface area (Å²) in [5, 5.41) is 79.7. The average Bonchev–Trinajstić information content (AvgIpc) is 2.69. The van der Waals surface area contributed by atoms with Crippen LogP contribution in [-0.4, -0.2) is 134 Å². The number of aliphatic hydroxyl groups is 8. The molecule has 0 bridgehead atoms. The first-order valence-electron chi connectivity index (χ1n) is 9.26. The van der Waals surface area contributed by atoms with Crippen LogP contribution in [0, 0.1) is 0 Å². The van der Waals surface area contributed by atoms with Gasteiger partial charge in [-0.15, -0.1) is 0 Å². The van der Waals surface area contributed by atoms with E-state index in [1.807, 2.05) is 0 Å². The van der Waals surface area contributed by atoms with Crippen LogP contribution in [-0.2, 0) is 23.7 Å². The molecule has 29 heavy (non-hydrogen) atoms. The van der Waals surface area contributed by atoms with Crippen molar-refractivity contribution in [3.8, 4) is 0 Å². The number of hydrogen-bond donors (Lipinski definition) is 8. The Labute approximate surface area is 165 Å². The van der Waals surface area contributed by atoms with Crippen molar-refractivity contribution in [2.75, 3.05) is 13.2 Å². The maximum Gasteiger partial charge on any atom is 0.187 e. The van der Waals surface area contributed by atoms with Gasteiger partial charge in [-0.1, -0.05) is 0 Å². The first kappa shape index (κ1) is 23.1. The lowest BCUT2D eigenvalue weighted by Crippen LogP contribution is -2.64. The molecule has 8 N–H and O–H groups in total. The summed E-state index contributed by atoms with van der Waals surface area (Å²) in [6, 6.07) is 0. The molecule has 13 nitrogen and oxygen atoms in total. The van der Waals surface area contributed by atoms with Crippen molar-refractivity contribution in [1.29, 1.82) is 0 Å². The van der Waals surface area contributed by atoms with Crippen molar-refractivity contribution >= 4 is 0 Å². The fourth-order valence-electron chi connectivity index (χ4n) is 3.40. The van der Waals surface area contributed by atoms with E-state index >= 15 is 0 Å². The first-order valence-corrected chi connectivity index (χ1v) is 9.26. The van der Waals surface area contributed by atoms with Crippen LogP contribution < -0.4 is 0 Å². The van der Waals surface area contributed by atoms with Gasteiger partial charge < -0.3 is 64.5 Å². The zero-order chi connectivity index (χ0) is 21.5. The SMILES string of the molecule is C[C@@H]1O[C@@H](O[C@@H]2[C@@H](O)[C@@H](O)CO[C@H]2O)[C@H](O)[C@H](O[C@@H]2OC[C@H](O)[C@H](O)[C@H]2O)[C@H]1O. The van der Waals surface area contributed by atoms with Crippen LogP contribution in [0.15, 0.2) is 0 Å². The molecule has 0 aromatic heterocycles. The summed E-state index contributed by atoms with van der Waals surface area (Å²) >= 11 is 0. The number of rotatable bonds is 4. The third-order valence-corrected chi connectivity index (χ3v) is 5.27. The van der Waals surface area contributed by atoms with E-state index in [1.165, 1.54) is 6.92 Å². The molecule has 170 valence electrons. The first-order chi connectivity index (χ1) is 13.6. The Bertz CT molecular complexity index is 537. The van der Waals surface area contributed by atoms with Gasteiger partial charge in [-0.2, -0.15) is 0 Å². The van der Waals surface area contributed by atoms with Crippen LogP contribution in [0.3, 0.4) is 0 Å². The van der Waals surface area contributed by atoms with E-state index in [0.717, 1.165) is 0 Å². The summed E-state index contributed by atoms with van der Waals surface area (Å²) in [5.41, 5.74) is 0. The molecule has 0 saturated carbocycles. The second-order valence-corrected chi connectivity index (χ2v) is 7.42. The Balaban J connectivity index is 1.69. The Morgan fingerprint density at radius 3 is 1.90 bits per heavy atom. The summed E-state index contributed by atoms with van der Waals surface area (Å²) in [5.74, 6) is 0. The number of aliphatic hydroxyl groups excluding tert-OH is 8. The normalized spacial score (nSPS) is 54.3. The molecule has 3 heterocycles. The molecule has 13 atom stereocenters. The third kappa shape index (κ3) is 4.72. The van der Waals surface area contributed by atoms with Gasteiger partial charge in [-0.25, -0.2) is 0 Å². The summed E-state index contributed by atoms with van der Waals surface area (Å²) in [6.07, 6.45) is -18.9. The monoisotopic (exact) mass is 428 g/mol. The molecule has 0 aromatic rings. The second kappa shape index (κ2) is 9.32. The fourth-order valence-corrected chi connectivity index (χ4v) is 3.40. The van der Waals surface area contributed by atoms with Gasteiger partial charge in [0.05, 0.1) is 19.3 Å². The van der Waals surface area contributed by atoms with Gasteiger partial charge in [0, 0.05) is 0 Å². The van der Waals surface area contributed by atoms with Crippen LogP contribution in [0.2, 0.25) is 0 Å². The molecule has 3 fully saturated rings. The Morgan fingerprint density at radius 2 is 1.21 bits per heavy atom. The number of ether oxygens (including phenoxy) is 5. The molecular weight excluding hydrogens is 400 g/mol. The van der Waals surface area contributed by atoms with Crippen molar-refractivity contribution < 1.29 is 64.5 Å². The third-order valence-electron chi connectivity index (χ3n) is 5.27. The molecule has 0 aromatic carbocycles. The Morgan fingerprint density at radius 1 is 0.621 bits per heavy atom. The predicted octanol–water partition coefficient (Wildman–Crippen LogP) is -5.27. The molecule has 3 aliphatic rings. The summed E-state index contributed by atoms with van der Waals surface area (Å²) in [6.45, 7) is 0.783. The van der Waals surface area contributed by atoms with E-state index in [2.05, 4.69) is 0 Å². The van der Waals surface area contributed by atoms with Gasteiger partial charge >= 0.3 is 0 Å². The molecule has 0 aliphatic carbocycles. The summed E-state index contributed by atoms with van der Waals surface area (Å²) in [4.78, 5) is 0.